The van der Waals surface area contributed by atoms with Gasteiger partial charge in [0.15, 0.2) is 0 Å². The first-order valence-electron chi connectivity index (χ1n) is 5.33. The van der Waals surface area contributed by atoms with Gasteiger partial charge in [0.2, 0.25) is 6.49 Å². The van der Waals surface area contributed by atoms with Gasteiger partial charge in [-0.25, -0.2) is 0 Å². The summed E-state index contributed by atoms with van der Waals surface area (Å²) in [5, 5.41) is 0. The Morgan fingerprint density at radius 3 is 1.93 bits per heavy atom. The van der Waals surface area contributed by atoms with Gasteiger partial charge in [0.25, 0.3) is 0 Å². The molecule has 6 heteroatoms. The van der Waals surface area contributed by atoms with Crippen LogP contribution in [0.15, 0.2) is 0 Å². The summed E-state index contributed by atoms with van der Waals surface area (Å²) < 4.78 is 11.5. The van der Waals surface area contributed by atoms with Crippen molar-refractivity contribution in [3.05, 3.63) is 0 Å². The molecule has 0 aromatic heterocycles. The van der Waals surface area contributed by atoms with Crippen LogP contribution < -0.4 is 0 Å². The normalized spacial score (nSPS) is 14.1. The van der Waals surface area contributed by atoms with Gasteiger partial charge in [0.05, 0.1) is 18.2 Å². The minimum atomic E-state index is -2.14. The second kappa shape index (κ2) is 9.32. The maximum atomic E-state index is 5.76. The molecule has 0 saturated carbocycles. The van der Waals surface area contributed by atoms with Crippen molar-refractivity contribution >= 4 is 40.8 Å². The van der Waals surface area contributed by atoms with Gasteiger partial charge >= 0.3 is 0 Å². The van der Waals surface area contributed by atoms with Crippen LogP contribution in [0.25, 0.3) is 0 Å². The zero-order valence-electron chi connectivity index (χ0n) is 9.64. The molecule has 0 heterocycles. The Kier molecular flexibility index (Phi) is 10.1. The third-order valence-electron chi connectivity index (χ3n) is 1.77. The van der Waals surface area contributed by atoms with Crippen molar-refractivity contribution in [1.29, 1.82) is 0 Å². The third-order valence-corrected chi connectivity index (χ3v) is 8.71. The lowest BCUT2D eigenvalue weighted by Crippen LogP contribution is -2.08. The smallest absolute Gasteiger partial charge is 0.202 e. The van der Waals surface area contributed by atoms with E-state index < -0.39 is 6.49 Å². The Morgan fingerprint density at radius 1 is 1.20 bits per heavy atom. The Balaban J connectivity index is 4.44. The highest BCUT2D eigenvalue weighted by atomic mass is 33.1. The summed E-state index contributed by atoms with van der Waals surface area (Å²) >= 11 is 9.80. The molecular weight excluding hydrogens is 267 g/mol. The molecule has 0 saturated heterocycles. The highest BCUT2D eigenvalue weighted by Gasteiger charge is 2.29. The van der Waals surface area contributed by atoms with E-state index in [0.717, 1.165) is 19.3 Å². The summed E-state index contributed by atoms with van der Waals surface area (Å²) in [6.07, 6.45) is 2.89. The maximum Gasteiger partial charge on any atom is 0.202 e. The van der Waals surface area contributed by atoms with Crippen molar-refractivity contribution in [1.82, 2.24) is 0 Å². The Hall–Kier alpha value is 1.27. The van der Waals surface area contributed by atoms with Gasteiger partial charge in [-0.2, -0.15) is 0 Å². The van der Waals surface area contributed by atoms with Gasteiger partial charge in [-0.3, -0.25) is 0 Å². The number of hydrogen-bond acceptors (Lipinski definition) is 5. The van der Waals surface area contributed by atoms with Crippen LogP contribution in [-0.2, 0) is 20.9 Å². The van der Waals surface area contributed by atoms with Crippen LogP contribution in [0, 0.1) is 0 Å². The van der Waals surface area contributed by atoms with Gasteiger partial charge in [-0.1, -0.05) is 31.6 Å². The molecule has 0 aromatic carbocycles. The largest absolute Gasteiger partial charge is 0.329 e. The lowest BCUT2D eigenvalue weighted by Gasteiger charge is -2.28. The van der Waals surface area contributed by atoms with E-state index in [1.807, 2.05) is 0 Å². The second-order valence-electron chi connectivity index (χ2n) is 3.17. The third kappa shape index (κ3) is 5.94. The highest BCUT2D eigenvalue weighted by molar-refractivity contribution is 8.70. The molecule has 0 aliphatic heterocycles. The average Bonchev–Trinajstić information content (AvgIpc) is 2.25. The first-order chi connectivity index (χ1) is 7.14. The molecule has 15 heavy (non-hydrogen) atoms. The topological polar surface area (TPSA) is 18.5 Å². The molecule has 1 atom stereocenters. The van der Waals surface area contributed by atoms with Crippen molar-refractivity contribution in [2.24, 2.45) is 0 Å². The highest BCUT2D eigenvalue weighted by Crippen LogP contribution is 2.59. The molecule has 0 amide bonds. The van der Waals surface area contributed by atoms with Crippen LogP contribution in [0.2, 0.25) is 0 Å². The fraction of sp³-hybridized carbons (Fsp3) is 1.00. The molecule has 0 spiro atoms. The number of rotatable bonds is 9. The van der Waals surface area contributed by atoms with E-state index in [2.05, 4.69) is 32.4 Å². The minimum Gasteiger partial charge on any atom is -0.329 e. The van der Waals surface area contributed by atoms with Crippen molar-refractivity contribution < 1.29 is 9.05 Å². The van der Waals surface area contributed by atoms with E-state index in [1.165, 1.54) is 10.8 Å². The van der Waals surface area contributed by atoms with E-state index in [-0.39, 0.29) is 4.99 Å². The van der Waals surface area contributed by atoms with Crippen LogP contribution >= 0.6 is 28.9 Å². The molecule has 1 unspecified atom stereocenters. The number of thiol groups is 1. The SMILES string of the molecule is CCCOP(=S)(OCCC)C(CC)SS. The van der Waals surface area contributed by atoms with Crippen LogP contribution in [0.4, 0.5) is 0 Å². The van der Waals surface area contributed by atoms with Crippen LogP contribution in [0.5, 0.6) is 0 Å². The first kappa shape index (κ1) is 16.3. The molecule has 0 radical (unpaired) electrons. The van der Waals surface area contributed by atoms with Crippen molar-refractivity contribution in [3.63, 3.8) is 0 Å². The van der Waals surface area contributed by atoms with E-state index in [1.54, 1.807) is 0 Å². The molecule has 0 aliphatic carbocycles. The Labute approximate surface area is 108 Å². The van der Waals surface area contributed by atoms with Crippen molar-refractivity contribution in [2.45, 2.75) is 45.0 Å². The summed E-state index contributed by atoms with van der Waals surface area (Å²) in [5.74, 6) is 0. The monoisotopic (exact) mass is 288 g/mol. The molecule has 92 valence electrons. The standard InChI is InChI=1S/C9H21O2PS3/c1-4-7-10-12(13,11-8-5-2)9(6-3)15-14/h9,14H,4-8H2,1-3H3. The molecule has 0 aromatic rings. The maximum absolute atomic E-state index is 5.76. The zero-order chi connectivity index (χ0) is 11.7. The van der Waals surface area contributed by atoms with Gasteiger partial charge in [-0.05, 0) is 31.1 Å². The quantitative estimate of drug-likeness (QED) is 0.383. The molecule has 0 fully saturated rings. The van der Waals surface area contributed by atoms with Crippen LogP contribution in [0.1, 0.15) is 40.0 Å². The van der Waals surface area contributed by atoms with Gasteiger partial charge in [0.1, 0.15) is 0 Å². The lowest BCUT2D eigenvalue weighted by atomic mass is 10.5. The molecule has 0 rings (SSSR count). The van der Waals surface area contributed by atoms with Crippen LogP contribution in [0.3, 0.4) is 0 Å². The lowest BCUT2D eigenvalue weighted by molar-refractivity contribution is 0.245. The average molecular weight is 288 g/mol. The summed E-state index contributed by atoms with van der Waals surface area (Å²) in [6.45, 7) is 5.48. The first-order valence-corrected chi connectivity index (χ1v) is 9.97. The van der Waals surface area contributed by atoms with Gasteiger partial charge in [-0.15, -0.1) is 11.7 Å². The van der Waals surface area contributed by atoms with E-state index in [9.17, 15) is 0 Å². The minimum absolute atomic E-state index is 0.203. The zero-order valence-corrected chi connectivity index (χ0v) is 13.1. The summed E-state index contributed by atoms with van der Waals surface area (Å²) in [7, 11) is 1.47. The Morgan fingerprint density at radius 2 is 1.67 bits per heavy atom. The summed E-state index contributed by atoms with van der Waals surface area (Å²) in [5.41, 5.74) is 0. The second-order valence-corrected chi connectivity index (χ2v) is 8.68. The van der Waals surface area contributed by atoms with E-state index in [0.29, 0.717) is 13.2 Å². The molecule has 2 nitrogen and oxygen atoms in total. The van der Waals surface area contributed by atoms with Crippen molar-refractivity contribution in [2.75, 3.05) is 13.2 Å². The predicted octanol–water partition coefficient (Wildman–Crippen LogP) is 4.46. The Bertz CT molecular complexity index is 186. The fourth-order valence-corrected chi connectivity index (χ4v) is 7.12. The van der Waals surface area contributed by atoms with Crippen molar-refractivity contribution in [3.8, 4) is 0 Å². The van der Waals surface area contributed by atoms with E-state index in [4.69, 9.17) is 20.9 Å². The molecule has 0 aliphatic rings. The van der Waals surface area contributed by atoms with Crippen LogP contribution in [-0.4, -0.2) is 18.2 Å². The molecular formula is C9H21O2PS3. The summed E-state index contributed by atoms with van der Waals surface area (Å²) in [4.78, 5) is 0.203. The van der Waals surface area contributed by atoms with Gasteiger partial charge < -0.3 is 9.05 Å². The summed E-state index contributed by atoms with van der Waals surface area (Å²) in [6, 6.07) is 0. The van der Waals surface area contributed by atoms with Gasteiger partial charge in [0, 0.05) is 0 Å². The fourth-order valence-electron chi connectivity index (χ4n) is 0.996. The molecule has 0 N–H and O–H groups in total. The molecule has 0 bridgehead atoms. The number of hydrogen-bond donors (Lipinski definition) is 1. The van der Waals surface area contributed by atoms with E-state index >= 15 is 0 Å². The predicted molar refractivity (Wildman–Crippen MR) is 77.4 cm³/mol.